The third-order valence-corrected chi connectivity index (χ3v) is 2.76. The molecule has 5 nitrogen and oxygen atoms in total. The molecule has 2 rings (SSSR count). The van der Waals surface area contributed by atoms with Crippen molar-refractivity contribution < 1.29 is 27.2 Å². The van der Waals surface area contributed by atoms with E-state index in [1.165, 1.54) is 35.2 Å². The molecular weight excluding hydrogens is 301 g/mol. The quantitative estimate of drug-likeness (QED) is 0.870. The van der Waals surface area contributed by atoms with Crippen molar-refractivity contribution in [3.63, 3.8) is 0 Å². The number of ether oxygens (including phenoxy) is 1. The molecule has 0 saturated carbocycles. The van der Waals surface area contributed by atoms with Gasteiger partial charge in [0.15, 0.2) is 0 Å². The molecule has 22 heavy (non-hydrogen) atoms. The number of halogens is 3. The van der Waals surface area contributed by atoms with Crippen LogP contribution < -0.4 is 4.74 Å². The van der Waals surface area contributed by atoms with Crippen molar-refractivity contribution in [1.82, 2.24) is 10.1 Å². The van der Waals surface area contributed by atoms with Gasteiger partial charge in [0.2, 0.25) is 5.76 Å². The molecule has 8 heteroatoms. The molecule has 1 heterocycles. The number of aromatic nitrogens is 1. The Morgan fingerprint density at radius 2 is 1.95 bits per heavy atom. The second-order valence-electron chi connectivity index (χ2n) is 4.69. The van der Waals surface area contributed by atoms with Crippen LogP contribution in [-0.2, 0) is 6.54 Å². The lowest BCUT2D eigenvalue weighted by atomic mass is 10.2. The molecule has 0 atom stereocenters. The number of amides is 1. The van der Waals surface area contributed by atoms with E-state index in [-0.39, 0.29) is 24.0 Å². The van der Waals surface area contributed by atoms with E-state index in [4.69, 9.17) is 4.52 Å². The van der Waals surface area contributed by atoms with Crippen molar-refractivity contribution in [2.24, 2.45) is 0 Å². The van der Waals surface area contributed by atoms with Crippen LogP contribution >= 0.6 is 0 Å². The number of aryl methyl sites for hydroxylation is 1. The van der Waals surface area contributed by atoms with Crippen LogP contribution in [0.15, 0.2) is 34.9 Å². The minimum absolute atomic E-state index is 0.108. The summed E-state index contributed by atoms with van der Waals surface area (Å²) in [6.45, 7) is 1.91. The van der Waals surface area contributed by atoms with E-state index in [0.29, 0.717) is 11.3 Å². The van der Waals surface area contributed by atoms with Gasteiger partial charge in [-0.1, -0.05) is 17.3 Å². The molecule has 0 fully saturated rings. The first-order valence-electron chi connectivity index (χ1n) is 6.28. The molecule has 0 unspecified atom stereocenters. The van der Waals surface area contributed by atoms with Crippen LogP contribution in [0.25, 0.3) is 0 Å². The number of hydrogen-bond acceptors (Lipinski definition) is 4. The number of nitrogens with zero attached hydrogens (tertiary/aromatic N) is 2. The molecule has 0 N–H and O–H groups in total. The highest BCUT2D eigenvalue weighted by molar-refractivity contribution is 5.91. The lowest BCUT2D eigenvalue weighted by molar-refractivity contribution is -0.274. The molecule has 0 aliphatic heterocycles. The van der Waals surface area contributed by atoms with E-state index >= 15 is 0 Å². The average molecular weight is 314 g/mol. The van der Waals surface area contributed by atoms with Crippen molar-refractivity contribution >= 4 is 5.91 Å². The molecule has 2 aromatic rings. The molecule has 1 aromatic carbocycles. The first kappa shape index (κ1) is 15.9. The van der Waals surface area contributed by atoms with Crippen LogP contribution in [0.4, 0.5) is 13.2 Å². The van der Waals surface area contributed by atoms with Gasteiger partial charge in [-0.3, -0.25) is 4.79 Å². The minimum atomic E-state index is -4.72. The molecule has 0 aliphatic carbocycles. The Hall–Kier alpha value is -2.51. The van der Waals surface area contributed by atoms with Gasteiger partial charge >= 0.3 is 6.36 Å². The highest BCUT2D eigenvalue weighted by Gasteiger charge is 2.31. The maximum absolute atomic E-state index is 12.1. The summed E-state index contributed by atoms with van der Waals surface area (Å²) in [5, 5.41) is 3.63. The number of alkyl halides is 3. The van der Waals surface area contributed by atoms with E-state index in [0.717, 1.165) is 0 Å². The van der Waals surface area contributed by atoms with Crippen LogP contribution in [0.2, 0.25) is 0 Å². The van der Waals surface area contributed by atoms with Gasteiger partial charge in [0.1, 0.15) is 5.75 Å². The second kappa shape index (κ2) is 6.08. The summed E-state index contributed by atoms with van der Waals surface area (Å²) in [6.07, 6.45) is -4.72. The average Bonchev–Trinajstić information content (AvgIpc) is 2.85. The van der Waals surface area contributed by atoms with Gasteiger partial charge in [-0.05, 0) is 24.6 Å². The van der Waals surface area contributed by atoms with Crippen LogP contribution in [0, 0.1) is 6.92 Å². The number of carbonyl (C=O) groups is 1. The molecule has 0 spiro atoms. The van der Waals surface area contributed by atoms with Gasteiger partial charge in [0.05, 0.1) is 5.69 Å². The Labute approximate surface area is 124 Å². The zero-order chi connectivity index (χ0) is 16.3. The Morgan fingerprint density at radius 1 is 1.32 bits per heavy atom. The number of carbonyl (C=O) groups excluding carboxylic acids is 1. The van der Waals surface area contributed by atoms with Crippen LogP contribution in [0.3, 0.4) is 0 Å². The Morgan fingerprint density at radius 3 is 2.45 bits per heavy atom. The number of hydrogen-bond donors (Lipinski definition) is 0. The fourth-order valence-corrected chi connectivity index (χ4v) is 1.79. The van der Waals surface area contributed by atoms with Crippen molar-refractivity contribution in [1.29, 1.82) is 0 Å². The van der Waals surface area contributed by atoms with Gasteiger partial charge in [-0.25, -0.2) is 0 Å². The summed E-state index contributed by atoms with van der Waals surface area (Å²) in [7, 11) is 1.56. The van der Waals surface area contributed by atoms with Crippen molar-refractivity contribution in [3.8, 4) is 5.75 Å². The lowest BCUT2D eigenvalue weighted by Crippen LogP contribution is -2.25. The first-order valence-corrected chi connectivity index (χ1v) is 6.28. The van der Waals surface area contributed by atoms with Crippen molar-refractivity contribution in [3.05, 3.63) is 47.3 Å². The Bertz CT molecular complexity index is 650. The largest absolute Gasteiger partial charge is 0.573 e. The van der Waals surface area contributed by atoms with E-state index < -0.39 is 6.36 Å². The second-order valence-corrected chi connectivity index (χ2v) is 4.69. The number of rotatable bonds is 4. The highest BCUT2D eigenvalue weighted by atomic mass is 19.4. The molecule has 0 radical (unpaired) electrons. The SMILES string of the molecule is Cc1cc(C(=O)N(C)Cc2ccc(OC(F)(F)F)cc2)on1. The van der Waals surface area contributed by atoms with Gasteiger partial charge in [-0.2, -0.15) is 0 Å². The monoisotopic (exact) mass is 314 g/mol. The minimum Gasteiger partial charge on any atom is -0.406 e. The van der Waals surface area contributed by atoms with Crippen molar-refractivity contribution in [2.75, 3.05) is 7.05 Å². The van der Waals surface area contributed by atoms with Gasteiger partial charge in [0, 0.05) is 19.7 Å². The highest BCUT2D eigenvalue weighted by Crippen LogP contribution is 2.23. The third kappa shape index (κ3) is 4.24. The first-order chi connectivity index (χ1) is 10.2. The zero-order valence-electron chi connectivity index (χ0n) is 11.8. The summed E-state index contributed by atoms with van der Waals surface area (Å²) in [5.41, 5.74) is 1.24. The normalized spacial score (nSPS) is 11.3. The molecule has 1 amide bonds. The van der Waals surface area contributed by atoms with Crippen LogP contribution in [-0.4, -0.2) is 29.4 Å². The maximum Gasteiger partial charge on any atom is 0.573 e. The van der Waals surface area contributed by atoms with Crippen molar-refractivity contribution in [2.45, 2.75) is 19.8 Å². The van der Waals surface area contributed by atoms with Crippen LogP contribution in [0.5, 0.6) is 5.75 Å². The van der Waals surface area contributed by atoms with E-state index in [1.807, 2.05) is 0 Å². The van der Waals surface area contributed by atoms with E-state index in [2.05, 4.69) is 9.89 Å². The maximum atomic E-state index is 12.1. The molecule has 0 bridgehead atoms. The molecule has 118 valence electrons. The standard InChI is InChI=1S/C14H13F3N2O3/c1-9-7-12(22-18-9)13(20)19(2)8-10-3-5-11(6-4-10)21-14(15,16)17/h3-7H,8H2,1-2H3. The fraction of sp³-hybridized carbons (Fsp3) is 0.286. The summed E-state index contributed by atoms with van der Waals surface area (Å²) in [4.78, 5) is 13.4. The molecule has 0 saturated heterocycles. The summed E-state index contributed by atoms with van der Waals surface area (Å²) < 4.78 is 44.8. The lowest BCUT2D eigenvalue weighted by Gasteiger charge is -2.16. The van der Waals surface area contributed by atoms with Crippen LogP contribution in [0.1, 0.15) is 21.8 Å². The zero-order valence-corrected chi connectivity index (χ0v) is 11.8. The summed E-state index contributed by atoms with van der Waals surface area (Å²) >= 11 is 0. The topological polar surface area (TPSA) is 55.6 Å². The number of benzene rings is 1. The predicted molar refractivity (Wildman–Crippen MR) is 70.2 cm³/mol. The van der Waals surface area contributed by atoms with Gasteiger partial charge < -0.3 is 14.2 Å². The van der Waals surface area contributed by atoms with E-state index in [1.54, 1.807) is 14.0 Å². The molecule has 0 aliphatic rings. The van der Waals surface area contributed by atoms with E-state index in [9.17, 15) is 18.0 Å². The Kier molecular flexibility index (Phi) is 4.39. The predicted octanol–water partition coefficient (Wildman–Crippen LogP) is 3.15. The summed E-state index contributed by atoms with van der Waals surface area (Å²) in [5.74, 6) is -0.565. The fourth-order valence-electron chi connectivity index (χ4n) is 1.79. The van der Waals surface area contributed by atoms with Gasteiger partial charge in [0.25, 0.3) is 5.91 Å². The van der Waals surface area contributed by atoms with Gasteiger partial charge in [-0.15, -0.1) is 13.2 Å². The third-order valence-electron chi connectivity index (χ3n) is 2.76. The smallest absolute Gasteiger partial charge is 0.406 e. The molecular formula is C14H13F3N2O3. The molecule has 1 aromatic heterocycles. The summed E-state index contributed by atoms with van der Waals surface area (Å²) in [6, 6.07) is 6.81. The Balaban J connectivity index is 1.99.